The van der Waals surface area contributed by atoms with Crippen LogP contribution < -0.4 is 5.32 Å². The van der Waals surface area contributed by atoms with Crippen molar-refractivity contribution in [1.29, 1.82) is 5.26 Å². The normalized spacial score (nSPS) is 13.6. The highest BCUT2D eigenvalue weighted by Gasteiger charge is 2.30. The third kappa shape index (κ3) is 3.60. The Hall–Kier alpha value is -1.91. The molecule has 0 saturated carbocycles. The lowest BCUT2D eigenvalue weighted by atomic mass is 9.88. The molecule has 21 heavy (non-hydrogen) atoms. The van der Waals surface area contributed by atoms with Crippen molar-refractivity contribution in [1.82, 2.24) is 25.5 Å². The van der Waals surface area contributed by atoms with Gasteiger partial charge < -0.3 is 0 Å². The summed E-state index contributed by atoms with van der Waals surface area (Å²) < 4.78 is 1.63. The lowest BCUT2D eigenvalue weighted by molar-refractivity contribution is 0.428. The third-order valence-corrected chi connectivity index (χ3v) is 4.24. The second-order valence-electron chi connectivity index (χ2n) is 4.60. The molecular formula is C14H18N6S. The van der Waals surface area contributed by atoms with Gasteiger partial charge in [0.05, 0.1) is 6.07 Å². The van der Waals surface area contributed by atoms with Crippen molar-refractivity contribution in [3.63, 3.8) is 0 Å². The molecule has 110 valence electrons. The first-order valence-corrected chi connectivity index (χ1v) is 7.77. The summed E-state index contributed by atoms with van der Waals surface area (Å²) in [6.07, 6.45) is 0.679. The molecule has 1 aromatic heterocycles. The van der Waals surface area contributed by atoms with E-state index in [0.717, 1.165) is 23.0 Å². The lowest BCUT2D eigenvalue weighted by Crippen LogP contribution is -2.41. The highest BCUT2D eigenvalue weighted by atomic mass is 32.2. The molecule has 6 nitrogen and oxygen atoms in total. The Balaban J connectivity index is 2.10. The van der Waals surface area contributed by atoms with E-state index < -0.39 is 5.54 Å². The van der Waals surface area contributed by atoms with Gasteiger partial charge in [0.15, 0.2) is 0 Å². The topological polar surface area (TPSA) is 79.4 Å². The molecule has 1 atom stereocenters. The fourth-order valence-electron chi connectivity index (χ4n) is 2.16. The van der Waals surface area contributed by atoms with E-state index in [1.807, 2.05) is 37.3 Å². The van der Waals surface area contributed by atoms with Crippen molar-refractivity contribution in [2.45, 2.75) is 24.0 Å². The number of hydrogen-bond acceptors (Lipinski definition) is 6. The molecule has 0 saturated heterocycles. The zero-order valence-corrected chi connectivity index (χ0v) is 13.0. The van der Waals surface area contributed by atoms with Gasteiger partial charge in [-0.05, 0) is 29.0 Å². The SMILES string of the molecule is CCNC(C#N)(CCSc1nnnn1C)c1ccccc1. The van der Waals surface area contributed by atoms with E-state index in [2.05, 4.69) is 26.9 Å². The second kappa shape index (κ2) is 7.20. The van der Waals surface area contributed by atoms with Gasteiger partial charge >= 0.3 is 0 Å². The minimum Gasteiger partial charge on any atom is -0.296 e. The quantitative estimate of drug-likeness (QED) is 0.785. The molecule has 2 rings (SSSR count). The van der Waals surface area contributed by atoms with Crippen molar-refractivity contribution >= 4 is 11.8 Å². The standard InChI is InChI=1S/C14H18N6S/c1-3-16-14(11-15,12-7-5-4-6-8-12)9-10-21-13-17-18-19-20(13)2/h4-8,16H,3,9-10H2,1-2H3. The molecule has 1 N–H and O–H groups in total. The maximum absolute atomic E-state index is 9.71. The van der Waals surface area contributed by atoms with Gasteiger partial charge in [-0.3, -0.25) is 5.32 Å². The molecule has 0 aliphatic rings. The average Bonchev–Trinajstić information content (AvgIpc) is 2.92. The summed E-state index contributed by atoms with van der Waals surface area (Å²) in [7, 11) is 1.81. The Morgan fingerprint density at radius 1 is 1.38 bits per heavy atom. The zero-order chi connectivity index (χ0) is 15.1. The zero-order valence-electron chi connectivity index (χ0n) is 12.2. The maximum atomic E-state index is 9.71. The number of nitriles is 1. The molecule has 7 heteroatoms. The molecule has 1 unspecified atom stereocenters. The monoisotopic (exact) mass is 302 g/mol. The summed E-state index contributed by atoms with van der Waals surface area (Å²) in [6, 6.07) is 12.3. The van der Waals surface area contributed by atoms with Crippen molar-refractivity contribution in [3.8, 4) is 6.07 Å². The van der Waals surface area contributed by atoms with E-state index in [9.17, 15) is 5.26 Å². The van der Waals surface area contributed by atoms with Gasteiger partial charge in [0.1, 0.15) is 5.54 Å². The molecule has 0 aliphatic carbocycles. The molecule has 0 fully saturated rings. The minimum atomic E-state index is -0.672. The first-order valence-electron chi connectivity index (χ1n) is 6.79. The van der Waals surface area contributed by atoms with Gasteiger partial charge in [-0.15, -0.1) is 5.10 Å². The van der Waals surface area contributed by atoms with Crippen LogP contribution in [0.3, 0.4) is 0 Å². The molecule has 2 aromatic rings. The molecule has 0 aliphatic heterocycles. The smallest absolute Gasteiger partial charge is 0.209 e. The number of aryl methyl sites for hydroxylation is 1. The highest BCUT2D eigenvalue weighted by molar-refractivity contribution is 7.99. The first kappa shape index (κ1) is 15.5. The Bertz CT molecular complexity index is 605. The van der Waals surface area contributed by atoms with E-state index in [1.165, 1.54) is 0 Å². The van der Waals surface area contributed by atoms with Gasteiger partial charge in [0.2, 0.25) is 5.16 Å². The Labute approximate surface area is 128 Å². The number of hydrogen-bond donors (Lipinski definition) is 1. The number of nitrogens with zero attached hydrogens (tertiary/aromatic N) is 5. The van der Waals surface area contributed by atoms with Crippen molar-refractivity contribution in [2.24, 2.45) is 7.05 Å². The number of nitrogens with one attached hydrogen (secondary N) is 1. The molecule has 0 radical (unpaired) electrons. The van der Waals surface area contributed by atoms with Gasteiger partial charge in [-0.1, -0.05) is 49.0 Å². The molecule has 1 heterocycles. The van der Waals surface area contributed by atoms with Crippen LogP contribution in [0.2, 0.25) is 0 Å². The molecule has 0 spiro atoms. The van der Waals surface area contributed by atoms with Gasteiger partial charge in [-0.2, -0.15) is 5.26 Å². The summed E-state index contributed by atoms with van der Waals surface area (Å²) in [5.74, 6) is 0.754. The van der Waals surface area contributed by atoms with Crippen molar-refractivity contribution in [3.05, 3.63) is 35.9 Å². The minimum absolute atomic E-state index is 0.672. The van der Waals surface area contributed by atoms with Crippen molar-refractivity contribution < 1.29 is 0 Å². The third-order valence-electron chi connectivity index (χ3n) is 3.23. The average molecular weight is 302 g/mol. The predicted molar refractivity (Wildman–Crippen MR) is 81.5 cm³/mol. The number of rotatable bonds is 7. The van der Waals surface area contributed by atoms with Gasteiger partial charge in [0, 0.05) is 12.8 Å². The van der Waals surface area contributed by atoms with E-state index in [-0.39, 0.29) is 0 Å². The molecule has 1 aromatic carbocycles. The van der Waals surface area contributed by atoms with Gasteiger partial charge in [0.25, 0.3) is 0 Å². The summed E-state index contributed by atoms with van der Waals surface area (Å²) >= 11 is 1.55. The fourth-order valence-corrected chi connectivity index (χ4v) is 3.07. The second-order valence-corrected chi connectivity index (χ2v) is 5.66. The van der Waals surface area contributed by atoms with Crippen LogP contribution >= 0.6 is 11.8 Å². The summed E-state index contributed by atoms with van der Waals surface area (Å²) in [6.45, 7) is 2.74. The van der Waals surface area contributed by atoms with E-state index >= 15 is 0 Å². The van der Waals surface area contributed by atoms with Gasteiger partial charge in [-0.25, -0.2) is 4.68 Å². The van der Waals surface area contributed by atoms with Crippen molar-refractivity contribution in [2.75, 3.05) is 12.3 Å². The van der Waals surface area contributed by atoms with Crippen LogP contribution in [0.5, 0.6) is 0 Å². The maximum Gasteiger partial charge on any atom is 0.209 e. The predicted octanol–water partition coefficient (Wildman–Crippen LogP) is 1.72. The molecule has 0 amide bonds. The number of aromatic nitrogens is 4. The van der Waals surface area contributed by atoms with Crippen LogP contribution in [-0.2, 0) is 12.6 Å². The van der Waals surface area contributed by atoms with Crippen LogP contribution in [0.1, 0.15) is 18.9 Å². The van der Waals surface area contributed by atoms with Crippen LogP contribution in [0.25, 0.3) is 0 Å². The first-order chi connectivity index (χ1) is 10.2. The van der Waals surface area contributed by atoms with E-state index in [4.69, 9.17) is 0 Å². The number of benzene rings is 1. The van der Waals surface area contributed by atoms with Crippen LogP contribution in [0.15, 0.2) is 35.5 Å². The van der Waals surface area contributed by atoms with Crippen LogP contribution in [-0.4, -0.2) is 32.5 Å². The van der Waals surface area contributed by atoms with Crippen LogP contribution in [0, 0.1) is 11.3 Å². The fraction of sp³-hybridized carbons (Fsp3) is 0.429. The Kier molecular flexibility index (Phi) is 5.31. The van der Waals surface area contributed by atoms with E-state index in [1.54, 1.807) is 23.5 Å². The molecular weight excluding hydrogens is 284 g/mol. The van der Waals surface area contributed by atoms with E-state index in [0.29, 0.717) is 6.42 Å². The number of thioether (sulfide) groups is 1. The summed E-state index contributed by atoms with van der Waals surface area (Å²) in [5, 5.41) is 25.1. The summed E-state index contributed by atoms with van der Waals surface area (Å²) in [5.41, 5.74) is 0.320. The molecule has 0 bridgehead atoms. The highest BCUT2D eigenvalue weighted by Crippen LogP contribution is 2.27. The Morgan fingerprint density at radius 2 is 2.14 bits per heavy atom. The number of tetrazole rings is 1. The Morgan fingerprint density at radius 3 is 2.71 bits per heavy atom. The van der Waals surface area contributed by atoms with Crippen LogP contribution in [0.4, 0.5) is 0 Å². The lowest BCUT2D eigenvalue weighted by Gasteiger charge is -2.27. The largest absolute Gasteiger partial charge is 0.296 e. The summed E-state index contributed by atoms with van der Waals surface area (Å²) in [4.78, 5) is 0.